The Morgan fingerprint density at radius 3 is 2.56 bits per heavy atom. The van der Waals surface area contributed by atoms with Gasteiger partial charge in [0, 0.05) is 39.3 Å². The molecule has 1 aromatic carbocycles. The molecule has 0 aliphatic carbocycles. The van der Waals surface area contributed by atoms with Crippen LogP contribution in [0.3, 0.4) is 0 Å². The summed E-state index contributed by atoms with van der Waals surface area (Å²) < 4.78 is 23.3. The molecule has 0 N–H and O–H groups in total. The zero-order chi connectivity index (χ0) is 18.5. The Morgan fingerprint density at radius 1 is 1.04 bits per heavy atom. The van der Waals surface area contributed by atoms with Crippen LogP contribution in [0.4, 0.5) is 0 Å². The zero-order valence-corrected chi connectivity index (χ0v) is 16.4. The number of nitrogens with zero attached hydrogens (tertiary/aromatic N) is 2. The highest BCUT2D eigenvalue weighted by Crippen LogP contribution is 2.34. The van der Waals surface area contributed by atoms with Crippen molar-refractivity contribution in [1.29, 1.82) is 0 Å². The van der Waals surface area contributed by atoms with Gasteiger partial charge in [0.05, 0.1) is 39.6 Å². The molecule has 3 heterocycles. The van der Waals surface area contributed by atoms with E-state index in [1.165, 1.54) is 5.56 Å². The molecule has 3 aliphatic heterocycles. The third kappa shape index (κ3) is 5.00. The normalized spacial score (nSPS) is 30.5. The molecule has 3 saturated heterocycles. The van der Waals surface area contributed by atoms with Crippen LogP contribution in [-0.4, -0.2) is 87.8 Å². The van der Waals surface area contributed by atoms with Crippen molar-refractivity contribution in [2.75, 3.05) is 66.3 Å². The molecule has 0 radical (unpaired) electrons. The standard InChI is InChI=1S/C21H32N2O4/c1-24-19-4-2-18(3-5-19)14-23-10-13-26-17-21(16-23)7-6-20(27-21)15-22-8-11-25-12-9-22/h2-5,20H,6-17H2,1H3. The lowest BCUT2D eigenvalue weighted by Gasteiger charge is -2.33. The lowest BCUT2D eigenvalue weighted by molar-refractivity contribution is -0.0967. The van der Waals surface area contributed by atoms with Crippen LogP contribution < -0.4 is 4.74 Å². The zero-order valence-electron chi connectivity index (χ0n) is 16.4. The topological polar surface area (TPSA) is 43.4 Å². The Balaban J connectivity index is 1.34. The number of morpholine rings is 1. The van der Waals surface area contributed by atoms with E-state index in [-0.39, 0.29) is 5.60 Å². The van der Waals surface area contributed by atoms with Crippen molar-refractivity contribution in [3.8, 4) is 5.75 Å². The molecule has 0 bridgehead atoms. The summed E-state index contributed by atoms with van der Waals surface area (Å²) in [4.78, 5) is 4.95. The molecule has 0 amide bonds. The van der Waals surface area contributed by atoms with Crippen molar-refractivity contribution in [1.82, 2.24) is 9.80 Å². The van der Waals surface area contributed by atoms with Crippen molar-refractivity contribution in [3.05, 3.63) is 29.8 Å². The highest BCUT2D eigenvalue weighted by molar-refractivity contribution is 5.27. The van der Waals surface area contributed by atoms with E-state index < -0.39 is 0 Å². The molecule has 1 spiro atoms. The summed E-state index contributed by atoms with van der Waals surface area (Å²) in [5, 5.41) is 0. The summed E-state index contributed by atoms with van der Waals surface area (Å²) >= 11 is 0. The molecule has 6 nitrogen and oxygen atoms in total. The highest BCUT2D eigenvalue weighted by atomic mass is 16.6. The van der Waals surface area contributed by atoms with Crippen LogP contribution in [0.15, 0.2) is 24.3 Å². The first-order valence-corrected chi connectivity index (χ1v) is 10.2. The number of hydrogen-bond acceptors (Lipinski definition) is 6. The molecule has 4 rings (SSSR count). The number of rotatable bonds is 5. The molecule has 1 aromatic rings. The first kappa shape index (κ1) is 19.2. The van der Waals surface area contributed by atoms with Crippen LogP contribution in [0.25, 0.3) is 0 Å². The Labute approximate surface area is 162 Å². The van der Waals surface area contributed by atoms with Crippen LogP contribution in [0.1, 0.15) is 18.4 Å². The molecular formula is C21H32N2O4. The highest BCUT2D eigenvalue weighted by Gasteiger charge is 2.43. The third-order valence-electron chi connectivity index (χ3n) is 5.90. The number of hydrogen-bond donors (Lipinski definition) is 0. The van der Waals surface area contributed by atoms with Gasteiger partial charge >= 0.3 is 0 Å². The lowest BCUT2D eigenvalue weighted by Crippen LogP contribution is -2.46. The molecule has 2 atom stereocenters. The maximum absolute atomic E-state index is 6.61. The molecule has 0 saturated carbocycles. The predicted molar refractivity (Wildman–Crippen MR) is 103 cm³/mol. The first-order valence-electron chi connectivity index (χ1n) is 10.2. The molecular weight excluding hydrogens is 344 g/mol. The first-order chi connectivity index (χ1) is 13.2. The minimum absolute atomic E-state index is 0.153. The van der Waals surface area contributed by atoms with Gasteiger partial charge in [0.1, 0.15) is 11.4 Å². The summed E-state index contributed by atoms with van der Waals surface area (Å²) in [6.07, 6.45) is 2.52. The summed E-state index contributed by atoms with van der Waals surface area (Å²) in [6, 6.07) is 8.36. The smallest absolute Gasteiger partial charge is 0.118 e. The lowest BCUT2D eigenvalue weighted by atomic mass is 9.99. The maximum atomic E-state index is 6.61. The van der Waals surface area contributed by atoms with Gasteiger partial charge in [-0.3, -0.25) is 9.80 Å². The molecule has 27 heavy (non-hydrogen) atoms. The largest absolute Gasteiger partial charge is 0.497 e. The van der Waals surface area contributed by atoms with Crippen molar-refractivity contribution in [2.24, 2.45) is 0 Å². The second-order valence-electron chi connectivity index (χ2n) is 7.99. The van der Waals surface area contributed by atoms with E-state index in [2.05, 4.69) is 21.9 Å². The van der Waals surface area contributed by atoms with Gasteiger partial charge in [-0.05, 0) is 30.5 Å². The van der Waals surface area contributed by atoms with Crippen LogP contribution in [0.2, 0.25) is 0 Å². The fraction of sp³-hybridized carbons (Fsp3) is 0.714. The number of methoxy groups -OCH3 is 1. The SMILES string of the molecule is COc1ccc(CN2CCOCC3(CCC(CN4CCOCC4)O3)C2)cc1. The summed E-state index contributed by atoms with van der Waals surface area (Å²) in [5.41, 5.74) is 1.15. The van der Waals surface area contributed by atoms with Crippen molar-refractivity contribution in [2.45, 2.75) is 31.1 Å². The molecule has 3 aliphatic rings. The van der Waals surface area contributed by atoms with Gasteiger partial charge in [0.15, 0.2) is 0 Å². The van der Waals surface area contributed by atoms with Gasteiger partial charge in [-0.15, -0.1) is 0 Å². The van der Waals surface area contributed by atoms with Crippen LogP contribution >= 0.6 is 0 Å². The average Bonchev–Trinajstić information content (AvgIpc) is 2.97. The summed E-state index contributed by atoms with van der Waals surface area (Å²) in [7, 11) is 1.70. The average molecular weight is 376 g/mol. The van der Waals surface area contributed by atoms with Gasteiger partial charge in [-0.25, -0.2) is 0 Å². The summed E-state index contributed by atoms with van der Waals surface area (Å²) in [5.74, 6) is 0.902. The van der Waals surface area contributed by atoms with Gasteiger partial charge in [-0.2, -0.15) is 0 Å². The van der Waals surface area contributed by atoms with Gasteiger partial charge < -0.3 is 18.9 Å². The van der Waals surface area contributed by atoms with Crippen LogP contribution in [-0.2, 0) is 20.8 Å². The monoisotopic (exact) mass is 376 g/mol. The molecule has 3 fully saturated rings. The van der Waals surface area contributed by atoms with E-state index in [1.54, 1.807) is 7.11 Å². The summed E-state index contributed by atoms with van der Waals surface area (Å²) in [6.45, 7) is 9.05. The second-order valence-corrected chi connectivity index (χ2v) is 7.99. The quantitative estimate of drug-likeness (QED) is 0.781. The minimum atomic E-state index is -0.153. The molecule has 6 heteroatoms. The van der Waals surface area contributed by atoms with Crippen LogP contribution in [0, 0.1) is 0 Å². The van der Waals surface area contributed by atoms with Gasteiger partial charge in [0.2, 0.25) is 0 Å². The van der Waals surface area contributed by atoms with Gasteiger partial charge in [0.25, 0.3) is 0 Å². The van der Waals surface area contributed by atoms with Crippen molar-refractivity contribution in [3.63, 3.8) is 0 Å². The molecule has 150 valence electrons. The van der Waals surface area contributed by atoms with Gasteiger partial charge in [-0.1, -0.05) is 12.1 Å². The van der Waals surface area contributed by atoms with Crippen molar-refractivity contribution >= 4 is 0 Å². The fourth-order valence-electron chi connectivity index (χ4n) is 4.43. The van der Waals surface area contributed by atoms with E-state index >= 15 is 0 Å². The third-order valence-corrected chi connectivity index (χ3v) is 5.90. The van der Waals surface area contributed by atoms with E-state index in [9.17, 15) is 0 Å². The van der Waals surface area contributed by atoms with E-state index in [0.29, 0.717) is 12.7 Å². The second kappa shape index (κ2) is 8.88. The maximum Gasteiger partial charge on any atom is 0.118 e. The Kier molecular flexibility index (Phi) is 6.30. The molecule has 2 unspecified atom stereocenters. The Bertz CT molecular complexity index is 590. The molecule has 0 aromatic heterocycles. The predicted octanol–water partition coefficient (Wildman–Crippen LogP) is 1.78. The Morgan fingerprint density at radius 2 is 1.78 bits per heavy atom. The Hall–Kier alpha value is -1.18. The fourth-order valence-corrected chi connectivity index (χ4v) is 4.43. The van der Waals surface area contributed by atoms with E-state index in [0.717, 1.165) is 77.7 Å². The number of benzene rings is 1. The van der Waals surface area contributed by atoms with Crippen LogP contribution in [0.5, 0.6) is 5.75 Å². The van der Waals surface area contributed by atoms with E-state index in [4.69, 9.17) is 18.9 Å². The van der Waals surface area contributed by atoms with Crippen molar-refractivity contribution < 1.29 is 18.9 Å². The van der Waals surface area contributed by atoms with E-state index in [1.807, 2.05) is 12.1 Å². The minimum Gasteiger partial charge on any atom is -0.497 e. The number of ether oxygens (including phenoxy) is 4.